The van der Waals surface area contributed by atoms with Crippen molar-refractivity contribution in [3.8, 4) is 11.5 Å². The molecule has 0 unspecified atom stereocenters. The Morgan fingerprint density at radius 3 is 2.88 bits per heavy atom. The highest BCUT2D eigenvalue weighted by atomic mass is 16.5. The molecule has 132 valence electrons. The Morgan fingerprint density at radius 2 is 2.15 bits per heavy atom. The van der Waals surface area contributed by atoms with Gasteiger partial charge in [-0.25, -0.2) is 5.43 Å². The molecule has 2 N–H and O–H groups in total. The van der Waals surface area contributed by atoms with E-state index in [-0.39, 0.29) is 11.5 Å². The number of methoxy groups -OCH3 is 1. The van der Waals surface area contributed by atoms with Crippen LogP contribution in [0.15, 0.2) is 64.6 Å². The predicted octanol–water partition coefficient (Wildman–Crippen LogP) is 3.64. The van der Waals surface area contributed by atoms with E-state index in [0.717, 1.165) is 5.39 Å². The van der Waals surface area contributed by atoms with Crippen molar-refractivity contribution in [2.45, 2.75) is 6.42 Å². The van der Waals surface area contributed by atoms with Crippen LogP contribution in [0, 0.1) is 0 Å². The molecule has 0 spiro atoms. The number of rotatable bonds is 6. The van der Waals surface area contributed by atoms with Crippen molar-refractivity contribution in [3.63, 3.8) is 0 Å². The van der Waals surface area contributed by atoms with Gasteiger partial charge >= 0.3 is 5.91 Å². The summed E-state index contributed by atoms with van der Waals surface area (Å²) in [6.45, 7) is 3.67. The van der Waals surface area contributed by atoms with Gasteiger partial charge in [-0.2, -0.15) is 5.10 Å². The molecule has 3 aromatic rings. The number of nitrogens with one attached hydrogen (secondary N) is 1. The van der Waals surface area contributed by atoms with Crippen molar-refractivity contribution in [3.05, 3.63) is 72.0 Å². The van der Waals surface area contributed by atoms with E-state index >= 15 is 0 Å². The summed E-state index contributed by atoms with van der Waals surface area (Å²) in [6.07, 6.45) is 3.63. The summed E-state index contributed by atoms with van der Waals surface area (Å²) in [6, 6.07) is 12.4. The van der Waals surface area contributed by atoms with Crippen molar-refractivity contribution in [1.82, 2.24) is 5.43 Å². The van der Waals surface area contributed by atoms with Gasteiger partial charge in [-0.05, 0) is 36.2 Å². The Balaban J connectivity index is 1.76. The van der Waals surface area contributed by atoms with Gasteiger partial charge < -0.3 is 14.3 Å². The highest BCUT2D eigenvalue weighted by Crippen LogP contribution is 2.31. The zero-order valence-corrected chi connectivity index (χ0v) is 14.2. The number of hydrogen-bond donors (Lipinski definition) is 2. The highest BCUT2D eigenvalue weighted by molar-refractivity contribution is 5.96. The molecule has 1 heterocycles. The molecule has 6 heteroatoms. The minimum Gasteiger partial charge on any atom is -0.504 e. The van der Waals surface area contributed by atoms with Gasteiger partial charge in [0.1, 0.15) is 5.58 Å². The average molecular weight is 350 g/mol. The van der Waals surface area contributed by atoms with E-state index in [0.29, 0.717) is 28.9 Å². The molecular weight excluding hydrogens is 332 g/mol. The molecule has 0 radical (unpaired) electrons. The van der Waals surface area contributed by atoms with Gasteiger partial charge in [-0.1, -0.05) is 24.3 Å². The summed E-state index contributed by atoms with van der Waals surface area (Å²) < 4.78 is 10.6. The van der Waals surface area contributed by atoms with Crippen LogP contribution in [0.1, 0.15) is 21.7 Å². The number of phenols is 1. The van der Waals surface area contributed by atoms with Gasteiger partial charge in [0, 0.05) is 10.9 Å². The molecule has 0 atom stereocenters. The third-order valence-electron chi connectivity index (χ3n) is 3.79. The minimum atomic E-state index is -0.450. The number of carbonyl (C=O) groups is 1. The van der Waals surface area contributed by atoms with Crippen molar-refractivity contribution in [2.75, 3.05) is 7.11 Å². The molecule has 0 aliphatic heterocycles. The van der Waals surface area contributed by atoms with Crippen LogP contribution in [-0.2, 0) is 6.42 Å². The summed E-state index contributed by atoms with van der Waals surface area (Å²) in [7, 11) is 1.47. The van der Waals surface area contributed by atoms with E-state index in [4.69, 9.17) is 9.15 Å². The quantitative estimate of drug-likeness (QED) is 0.404. The first kappa shape index (κ1) is 17.3. The largest absolute Gasteiger partial charge is 0.504 e. The first-order valence-corrected chi connectivity index (χ1v) is 7.95. The number of amides is 1. The normalized spacial score (nSPS) is 11.0. The smallest absolute Gasteiger partial charge is 0.307 e. The fourth-order valence-corrected chi connectivity index (χ4v) is 2.54. The van der Waals surface area contributed by atoms with Gasteiger partial charge in [0.25, 0.3) is 0 Å². The number of para-hydroxylation sites is 1. The number of allylic oxidation sites excluding steroid dienone is 1. The van der Waals surface area contributed by atoms with E-state index in [1.165, 1.54) is 13.3 Å². The number of furan rings is 1. The molecule has 0 saturated carbocycles. The summed E-state index contributed by atoms with van der Waals surface area (Å²) in [4.78, 5) is 12.2. The summed E-state index contributed by atoms with van der Waals surface area (Å²) >= 11 is 0. The number of ether oxygens (including phenoxy) is 1. The molecule has 3 rings (SSSR count). The van der Waals surface area contributed by atoms with E-state index in [9.17, 15) is 9.90 Å². The van der Waals surface area contributed by atoms with Crippen molar-refractivity contribution >= 4 is 23.1 Å². The van der Waals surface area contributed by atoms with Crippen LogP contribution in [0.25, 0.3) is 11.0 Å². The lowest BCUT2D eigenvalue weighted by atomic mass is 10.1. The monoisotopic (exact) mass is 350 g/mol. The van der Waals surface area contributed by atoms with Crippen LogP contribution in [0.4, 0.5) is 0 Å². The van der Waals surface area contributed by atoms with E-state index in [2.05, 4.69) is 17.1 Å². The molecule has 2 aromatic carbocycles. The number of hydrazone groups is 1. The molecule has 6 nitrogen and oxygen atoms in total. The number of benzene rings is 2. The van der Waals surface area contributed by atoms with Gasteiger partial charge in [0.15, 0.2) is 17.3 Å². The summed E-state index contributed by atoms with van der Waals surface area (Å²) in [5.74, 6) is 0.124. The lowest BCUT2D eigenvalue weighted by Crippen LogP contribution is -2.16. The fourth-order valence-electron chi connectivity index (χ4n) is 2.54. The Hall–Kier alpha value is -3.54. The fraction of sp³-hybridized carbons (Fsp3) is 0.100. The number of carbonyl (C=O) groups excluding carboxylic acids is 1. The van der Waals surface area contributed by atoms with Crippen LogP contribution in [0.5, 0.6) is 11.5 Å². The topological polar surface area (TPSA) is 84.1 Å². The first-order valence-electron chi connectivity index (χ1n) is 7.95. The number of phenolic OH excluding ortho intramolecular Hbond substituents is 1. The maximum atomic E-state index is 12.2. The van der Waals surface area contributed by atoms with E-state index in [1.807, 2.05) is 18.2 Å². The van der Waals surface area contributed by atoms with Crippen molar-refractivity contribution < 1.29 is 19.1 Å². The first-order chi connectivity index (χ1) is 12.6. The SMILES string of the molecule is C=CCc1cc(/C=N/NC(=O)c2cc3ccccc3o2)cc(OC)c1O. The molecule has 0 saturated heterocycles. The number of nitrogens with zero attached hydrogens (tertiary/aromatic N) is 1. The molecule has 0 fully saturated rings. The number of hydrogen-bond acceptors (Lipinski definition) is 5. The zero-order chi connectivity index (χ0) is 18.5. The maximum Gasteiger partial charge on any atom is 0.307 e. The molecule has 0 bridgehead atoms. The predicted molar refractivity (Wildman–Crippen MR) is 99.8 cm³/mol. The second-order valence-corrected chi connectivity index (χ2v) is 5.57. The molecular formula is C20H18N2O4. The highest BCUT2D eigenvalue weighted by Gasteiger charge is 2.12. The van der Waals surface area contributed by atoms with Gasteiger partial charge in [-0.3, -0.25) is 4.79 Å². The van der Waals surface area contributed by atoms with Crippen molar-refractivity contribution in [2.24, 2.45) is 5.10 Å². The van der Waals surface area contributed by atoms with Gasteiger partial charge in [0.2, 0.25) is 0 Å². The lowest BCUT2D eigenvalue weighted by Gasteiger charge is -2.09. The minimum absolute atomic E-state index is 0.0656. The van der Waals surface area contributed by atoms with Crippen LogP contribution < -0.4 is 10.2 Å². The Morgan fingerprint density at radius 1 is 1.35 bits per heavy atom. The standard InChI is InChI=1S/C20H18N2O4/c1-3-6-15-9-13(10-17(25-2)19(15)23)12-21-22-20(24)18-11-14-7-4-5-8-16(14)26-18/h3-5,7-12,23H,1,6H2,2H3,(H,22,24)/b21-12+. The second-order valence-electron chi connectivity index (χ2n) is 5.57. The average Bonchev–Trinajstić information content (AvgIpc) is 3.08. The Labute approximate surface area is 150 Å². The molecule has 1 aromatic heterocycles. The third-order valence-corrected chi connectivity index (χ3v) is 3.79. The molecule has 26 heavy (non-hydrogen) atoms. The summed E-state index contributed by atoms with van der Waals surface area (Å²) in [5.41, 5.74) is 4.39. The number of fused-ring (bicyclic) bond motifs is 1. The maximum absolute atomic E-state index is 12.2. The van der Waals surface area contributed by atoms with Gasteiger partial charge in [0.05, 0.1) is 13.3 Å². The van der Waals surface area contributed by atoms with Crippen LogP contribution in [-0.4, -0.2) is 24.3 Å². The van der Waals surface area contributed by atoms with Crippen LogP contribution >= 0.6 is 0 Å². The third kappa shape index (κ3) is 3.59. The van der Waals surface area contributed by atoms with Crippen LogP contribution in [0.3, 0.4) is 0 Å². The van der Waals surface area contributed by atoms with E-state index < -0.39 is 5.91 Å². The molecule has 0 aliphatic carbocycles. The lowest BCUT2D eigenvalue weighted by molar-refractivity contribution is 0.0929. The number of aromatic hydroxyl groups is 1. The van der Waals surface area contributed by atoms with E-state index in [1.54, 1.807) is 30.3 Å². The Kier molecular flexibility index (Phi) is 5.03. The molecule has 1 amide bonds. The second kappa shape index (κ2) is 7.57. The van der Waals surface area contributed by atoms with Crippen molar-refractivity contribution in [1.29, 1.82) is 0 Å². The van der Waals surface area contributed by atoms with Crippen LogP contribution in [0.2, 0.25) is 0 Å². The van der Waals surface area contributed by atoms with Gasteiger partial charge in [-0.15, -0.1) is 6.58 Å². The summed E-state index contributed by atoms with van der Waals surface area (Å²) in [5, 5.41) is 14.9. The molecule has 0 aliphatic rings. The zero-order valence-electron chi connectivity index (χ0n) is 14.2. The Bertz CT molecular complexity index is 956.